The number of hydrogen-bond donors (Lipinski definition) is 0. The van der Waals surface area contributed by atoms with Crippen molar-refractivity contribution in [1.29, 1.82) is 0 Å². The smallest absolute Gasteiger partial charge is 0.162 e. The Hall–Kier alpha value is -1.33. The Morgan fingerprint density at radius 1 is 1.21 bits per heavy atom. The van der Waals surface area contributed by atoms with E-state index in [1.165, 1.54) is 0 Å². The highest BCUT2D eigenvalue weighted by Gasteiger charge is 2.20. The first kappa shape index (κ1) is 14.1. The van der Waals surface area contributed by atoms with E-state index in [0.717, 1.165) is 28.5 Å². The first-order chi connectivity index (χ1) is 9.13. The van der Waals surface area contributed by atoms with Crippen LogP contribution in [0, 0.1) is 17.8 Å². The first-order valence-electron chi connectivity index (χ1n) is 6.71. The molecule has 0 aliphatic carbocycles. The van der Waals surface area contributed by atoms with Crippen LogP contribution in [0.2, 0.25) is 5.02 Å². The molecule has 0 saturated carbocycles. The van der Waals surface area contributed by atoms with Crippen molar-refractivity contribution in [2.45, 2.75) is 33.1 Å². The fraction of sp³-hybridized carbons (Fsp3) is 0.500. The summed E-state index contributed by atoms with van der Waals surface area (Å²) in [6.07, 6.45) is 0.881. The zero-order valence-corrected chi connectivity index (χ0v) is 12.4. The van der Waals surface area contributed by atoms with Crippen molar-refractivity contribution in [2.75, 3.05) is 13.2 Å². The Morgan fingerprint density at radius 2 is 1.84 bits per heavy atom. The molecule has 1 aliphatic rings. The first-order valence-corrected chi connectivity index (χ1v) is 7.08. The van der Waals surface area contributed by atoms with Crippen molar-refractivity contribution in [3.8, 4) is 23.3 Å². The van der Waals surface area contributed by atoms with Gasteiger partial charge in [-0.15, -0.1) is 5.92 Å². The van der Waals surface area contributed by atoms with Gasteiger partial charge in [-0.05, 0) is 17.5 Å². The third-order valence-corrected chi connectivity index (χ3v) is 3.74. The molecule has 1 aromatic rings. The number of fused-ring (bicyclic) bond motifs is 1. The third-order valence-electron chi connectivity index (χ3n) is 3.41. The van der Waals surface area contributed by atoms with E-state index in [0.29, 0.717) is 13.2 Å². The normalized spacial score (nSPS) is 16.2. The van der Waals surface area contributed by atoms with E-state index < -0.39 is 0 Å². The van der Waals surface area contributed by atoms with E-state index in [1.54, 1.807) is 0 Å². The van der Waals surface area contributed by atoms with Crippen LogP contribution in [-0.2, 0) is 0 Å². The lowest BCUT2D eigenvalue weighted by molar-refractivity contribution is 0.171. The predicted molar refractivity (Wildman–Crippen MR) is 78.1 cm³/mol. The highest BCUT2D eigenvalue weighted by molar-refractivity contribution is 6.31. The van der Waals surface area contributed by atoms with Gasteiger partial charge in [0.05, 0.1) is 0 Å². The van der Waals surface area contributed by atoms with E-state index in [-0.39, 0.29) is 11.8 Å². The molecule has 19 heavy (non-hydrogen) atoms. The number of benzene rings is 1. The van der Waals surface area contributed by atoms with Crippen LogP contribution in [0.15, 0.2) is 12.1 Å². The van der Waals surface area contributed by atoms with Crippen LogP contribution in [0.5, 0.6) is 11.5 Å². The van der Waals surface area contributed by atoms with Gasteiger partial charge in [0.25, 0.3) is 0 Å². The maximum absolute atomic E-state index is 6.35. The molecule has 102 valence electrons. The maximum Gasteiger partial charge on any atom is 0.162 e. The fourth-order valence-corrected chi connectivity index (χ4v) is 2.41. The van der Waals surface area contributed by atoms with E-state index in [4.69, 9.17) is 21.1 Å². The lowest BCUT2D eigenvalue weighted by atomic mass is 9.89. The Bertz CT molecular complexity index is 513. The van der Waals surface area contributed by atoms with Crippen LogP contribution in [0.25, 0.3) is 0 Å². The SMILES string of the molecule is CCC#CC(C)C(C)c1cc2c(cc1Cl)OCCO2. The molecule has 3 heteroatoms. The van der Waals surface area contributed by atoms with E-state index in [9.17, 15) is 0 Å². The average molecular weight is 279 g/mol. The third kappa shape index (κ3) is 3.16. The summed E-state index contributed by atoms with van der Waals surface area (Å²) in [7, 11) is 0. The van der Waals surface area contributed by atoms with Crippen LogP contribution in [0.4, 0.5) is 0 Å². The molecule has 2 unspecified atom stereocenters. The fourth-order valence-electron chi connectivity index (χ4n) is 2.09. The van der Waals surface area contributed by atoms with Gasteiger partial charge in [0.2, 0.25) is 0 Å². The van der Waals surface area contributed by atoms with Crippen molar-refractivity contribution < 1.29 is 9.47 Å². The van der Waals surface area contributed by atoms with Crippen molar-refractivity contribution in [3.05, 3.63) is 22.7 Å². The standard InChI is InChI=1S/C16H19ClO2/c1-4-5-6-11(2)12(3)13-9-15-16(10-14(13)17)19-8-7-18-15/h9-12H,4,7-8H2,1-3H3. The molecule has 0 aromatic heterocycles. The molecule has 0 saturated heterocycles. The monoisotopic (exact) mass is 278 g/mol. The Morgan fingerprint density at radius 3 is 2.47 bits per heavy atom. The van der Waals surface area contributed by atoms with Crippen molar-refractivity contribution in [3.63, 3.8) is 0 Å². The summed E-state index contributed by atoms with van der Waals surface area (Å²) in [5, 5.41) is 0.724. The maximum atomic E-state index is 6.35. The lowest BCUT2D eigenvalue weighted by Crippen LogP contribution is -2.16. The highest BCUT2D eigenvalue weighted by Crippen LogP contribution is 2.39. The molecular weight excluding hydrogens is 260 g/mol. The van der Waals surface area contributed by atoms with Crippen molar-refractivity contribution in [2.24, 2.45) is 5.92 Å². The number of ether oxygens (including phenoxy) is 2. The van der Waals surface area contributed by atoms with Crippen LogP contribution < -0.4 is 9.47 Å². The van der Waals surface area contributed by atoms with Crippen molar-refractivity contribution >= 4 is 11.6 Å². The molecule has 0 radical (unpaired) electrons. The van der Waals surface area contributed by atoms with Gasteiger partial charge in [-0.3, -0.25) is 0 Å². The summed E-state index contributed by atoms with van der Waals surface area (Å²) in [5.41, 5.74) is 1.07. The summed E-state index contributed by atoms with van der Waals surface area (Å²) in [6, 6.07) is 3.84. The second-order valence-corrected chi connectivity index (χ2v) is 5.18. The van der Waals surface area contributed by atoms with E-state index in [1.807, 2.05) is 12.1 Å². The number of halogens is 1. The van der Waals surface area contributed by atoms with E-state index >= 15 is 0 Å². The summed E-state index contributed by atoms with van der Waals surface area (Å²) >= 11 is 6.35. The van der Waals surface area contributed by atoms with Gasteiger partial charge in [-0.1, -0.05) is 38.3 Å². The summed E-state index contributed by atoms with van der Waals surface area (Å²) in [4.78, 5) is 0. The topological polar surface area (TPSA) is 18.5 Å². The predicted octanol–water partition coefficient (Wildman–Crippen LogP) is 4.26. The van der Waals surface area contributed by atoms with Gasteiger partial charge in [-0.25, -0.2) is 0 Å². The molecule has 2 nitrogen and oxygen atoms in total. The van der Waals surface area contributed by atoms with Crippen LogP contribution >= 0.6 is 11.6 Å². The highest BCUT2D eigenvalue weighted by atomic mass is 35.5. The van der Waals surface area contributed by atoms with Crippen LogP contribution in [0.3, 0.4) is 0 Å². The lowest BCUT2D eigenvalue weighted by Gasteiger charge is -2.23. The molecule has 0 amide bonds. The quantitative estimate of drug-likeness (QED) is 0.753. The second-order valence-electron chi connectivity index (χ2n) is 4.77. The minimum atomic E-state index is 0.264. The van der Waals surface area contributed by atoms with Gasteiger partial charge in [0, 0.05) is 23.4 Å². The van der Waals surface area contributed by atoms with E-state index in [2.05, 4.69) is 32.6 Å². The van der Waals surface area contributed by atoms with Crippen LogP contribution in [0.1, 0.15) is 38.7 Å². The largest absolute Gasteiger partial charge is 0.486 e. The molecule has 2 atom stereocenters. The van der Waals surface area contributed by atoms with Gasteiger partial charge in [0.15, 0.2) is 11.5 Å². The molecular formula is C16H19ClO2. The minimum Gasteiger partial charge on any atom is -0.486 e. The zero-order valence-electron chi connectivity index (χ0n) is 11.6. The Kier molecular flexibility index (Phi) is 4.61. The van der Waals surface area contributed by atoms with Crippen LogP contribution in [-0.4, -0.2) is 13.2 Å². The molecule has 1 aliphatic heterocycles. The molecule has 1 aromatic carbocycles. The molecule has 1 heterocycles. The Balaban J connectivity index is 2.29. The zero-order chi connectivity index (χ0) is 13.8. The second kappa shape index (κ2) is 6.21. The van der Waals surface area contributed by atoms with Gasteiger partial charge < -0.3 is 9.47 Å². The number of rotatable bonds is 2. The summed E-state index contributed by atoms with van der Waals surface area (Å²) < 4.78 is 11.1. The summed E-state index contributed by atoms with van der Waals surface area (Å²) in [6.45, 7) is 7.50. The van der Waals surface area contributed by atoms with Gasteiger partial charge in [-0.2, -0.15) is 0 Å². The molecule has 0 spiro atoms. The number of hydrogen-bond acceptors (Lipinski definition) is 2. The molecule has 0 bridgehead atoms. The minimum absolute atomic E-state index is 0.264. The molecule has 0 N–H and O–H groups in total. The van der Waals surface area contributed by atoms with Gasteiger partial charge in [0.1, 0.15) is 13.2 Å². The average Bonchev–Trinajstić information content (AvgIpc) is 2.43. The van der Waals surface area contributed by atoms with Gasteiger partial charge >= 0.3 is 0 Å². The van der Waals surface area contributed by atoms with Crippen molar-refractivity contribution in [1.82, 2.24) is 0 Å². The Labute approximate surface area is 120 Å². The summed E-state index contributed by atoms with van der Waals surface area (Å²) in [5.74, 6) is 8.44. The molecule has 2 rings (SSSR count). The molecule has 0 fully saturated rings.